The molecule has 1 N–H and O–H groups in total. The number of aliphatic hydroxyl groups is 1. The number of hydrogen-bond donors (Lipinski definition) is 1. The minimum atomic E-state index is -2.47. The maximum absolute atomic E-state index is 14.0. The lowest BCUT2D eigenvalue weighted by atomic mass is 9.95. The normalized spacial score (nSPS) is 19.1. The van der Waals surface area contributed by atoms with Crippen molar-refractivity contribution in [3.8, 4) is 0 Å². The number of rotatable bonds is 4. The maximum atomic E-state index is 14.0. The largest absolute Gasteiger partial charge is 0.384 e. The third-order valence-electron chi connectivity index (χ3n) is 5.83. The number of alkyl halides is 2. The lowest BCUT2D eigenvalue weighted by molar-refractivity contribution is 0.0275. The monoisotopic (exact) mass is 401 g/mol. The third kappa shape index (κ3) is 3.67. The van der Waals surface area contributed by atoms with E-state index >= 15 is 0 Å². The van der Waals surface area contributed by atoms with Gasteiger partial charge in [-0.2, -0.15) is 0 Å². The zero-order chi connectivity index (χ0) is 20.1. The first-order chi connectivity index (χ1) is 13.3. The second-order valence-corrected chi connectivity index (χ2v) is 7.99. The highest BCUT2D eigenvalue weighted by atomic mass is 19.3. The fourth-order valence-corrected chi connectivity index (χ4v) is 4.37. The van der Waals surface area contributed by atoms with Gasteiger partial charge in [-0.15, -0.1) is 0 Å². The van der Waals surface area contributed by atoms with Crippen LogP contribution in [0.2, 0.25) is 0 Å². The average molecular weight is 402 g/mol. The van der Waals surface area contributed by atoms with Gasteiger partial charge in [0.2, 0.25) is 0 Å². The lowest BCUT2D eigenvalue weighted by Gasteiger charge is -2.34. The van der Waals surface area contributed by atoms with Crippen molar-refractivity contribution in [2.24, 2.45) is 0 Å². The van der Waals surface area contributed by atoms with Crippen molar-refractivity contribution in [1.29, 1.82) is 0 Å². The van der Waals surface area contributed by atoms with Gasteiger partial charge in [-0.25, -0.2) is 8.78 Å². The molecule has 29 heavy (non-hydrogen) atoms. The summed E-state index contributed by atoms with van der Waals surface area (Å²) in [6, 6.07) is 8.65. The Hall–Kier alpha value is -2.31. The third-order valence-corrected chi connectivity index (χ3v) is 5.83. The van der Waals surface area contributed by atoms with Crippen molar-refractivity contribution >= 4 is 10.9 Å². The molecule has 0 amide bonds. The molecule has 1 aliphatic rings. The van der Waals surface area contributed by atoms with E-state index in [0.29, 0.717) is 24.1 Å². The molecule has 0 bridgehead atoms. The van der Waals surface area contributed by atoms with Crippen LogP contribution in [0.4, 0.5) is 8.78 Å². The van der Waals surface area contributed by atoms with Crippen molar-refractivity contribution in [2.75, 3.05) is 13.6 Å². The molecule has 6 heteroatoms. The molecule has 0 saturated heterocycles. The smallest absolute Gasteiger partial charge is 0.258 e. The van der Waals surface area contributed by atoms with Crippen LogP contribution in [0.15, 0.2) is 42.7 Å². The summed E-state index contributed by atoms with van der Waals surface area (Å²) in [6.45, 7) is 4.56. The van der Waals surface area contributed by atoms with Gasteiger partial charge in [0.05, 0.1) is 12.6 Å². The highest BCUT2D eigenvalue weighted by Gasteiger charge is 2.37. The van der Waals surface area contributed by atoms with Crippen LogP contribution in [0.1, 0.15) is 42.8 Å². The van der Waals surface area contributed by atoms with Crippen LogP contribution < -0.4 is 0 Å². The maximum Gasteiger partial charge on any atom is 0.258 e. The first-order valence-corrected chi connectivity index (χ1v) is 9.52. The van der Waals surface area contributed by atoms with Crippen molar-refractivity contribution < 1.29 is 13.9 Å². The standard InChI is InChI=1S/C22H25F2N3O.CH4/c1-14-6-7-17-16(11-14)19-18(8-10-26(3)20(19)21(23)24)27(17)13-22(2,28)15-5-4-9-25-12-15;/h4-7,9,11-12,20-21,28H,8,10,13H2,1-3H3;1H4. The number of aromatic nitrogens is 2. The van der Waals surface area contributed by atoms with Crippen molar-refractivity contribution in [3.63, 3.8) is 0 Å². The van der Waals surface area contributed by atoms with Gasteiger partial charge in [-0.1, -0.05) is 25.1 Å². The zero-order valence-corrected chi connectivity index (χ0v) is 16.4. The minimum absolute atomic E-state index is 0. The highest BCUT2D eigenvalue weighted by Crippen LogP contribution is 2.41. The molecule has 4 rings (SSSR count). The average Bonchev–Trinajstić information content (AvgIpc) is 2.94. The number of pyridine rings is 1. The Balaban J connectivity index is 0.00000240. The van der Waals surface area contributed by atoms with Crippen LogP contribution in [0.25, 0.3) is 10.9 Å². The number of nitrogens with zero attached hydrogens (tertiary/aromatic N) is 3. The van der Waals surface area contributed by atoms with Gasteiger partial charge in [-0.3, -0.25) is 9.88 Å². The summed E-state index contributed by atoms with van der Waals surface area (Å²) in [7, 11) is 1.75. The Kier molecular flexibility index (Phi) is 5.79. The molecule has 2 aromatic heterocycles. The molecule has 2 unspecified atom stereocenters. The number of hydrogen-bond acceptors (Lipinski definition) is 3. The second-order valence-electron chi connectivity index (χ2n) is 7.99. The molecule has 156 valence electrons. The highest BCUT2D eigenvalue weighted by molar-refractivity contribution is 5.87. The summed E-state index contributed by atoms with van der Waals surface area (Å²) >= 11 is 0. The van der Waals surface area contributed by atoms with E-state index in [2.05, 4.69) is 4.98 Å². The summed E-state index contributed by atoms with van der Waals surface area (Å²) in [5.41, 5.74) is 3.06. The van der Waals surface area contributed by atoms with Crippen LogP contribution >= 0.6 is 0 Å². The van der Waals surface area contributed by atoms with E-state index in [9.17, 15) is 13.9 Å². The van der Waals surface area contributed by atoms with Gasteiger partial charge in [0.25, 0.3) is 6.43 Å². The second kappa shape index (κ2) is 7.84. The van der Waals surface area contributed by atoms with Crippen LogP contribution in [-0.2, 0) is 18.6 Å². The molecular weight excluding hydrogens is 372 g/mol. The predicted molar refractivity (Wildman–Crippen MR) is 112 cm³/mol. The molecule has 0 aliphatic carbocycles. The number of aryl methyl sites for hydroxylation is 1. The van der Waals surface area contributed by atoms with E-state index in [1.54, 1.807) is 37.3 Å². The number of fused-ring (bicyclic) bond motifs is 3. The molecule has 0 radical (unpaired) electrons. The van der Waals surface area contributed by atoms with E-state index in [1.807, 2.05) is 35.8 Å². The molecule has 0 fully saturated rings. The van der Waals surface area contributed by atoms with Gasteiger partial charge in [0.1, 0.15) is 5.60 Å². The molecule has 4 nitrogen and oxygen atoms in total. The van der Waals surface area contributed by atoms with E-state index in [-0.39, 0.29) is 14.0 Å². The molecule has 0 saturated carbocycles. The first-order valence-electron chi connectivity index (χ1n) is 9.52. The number of likely N-dealkylation sites (N-methyl/N-ethyl adjacent to an activating group) is 1. The topological polar surface area (TPSA) is 41.3 Å². The minimum Gasteiger partial charge on any atom is -0.384 e. The van der Waals surface area contributed by atoms with E-state index in [4.69, 9.17) is 0 Å². The fraction of sp³-hybridized carbons (Fsp3) is 0.435. The number of halogens is 2. The molecule has 1 aliphatic heterocycles. The van der Waals surface area contributed by atoms with Gasteiger partial charge in [0.15, 0.2) is 0 Å². The molecular formula is C23H29F2N3O. The Morgan fingerprint density at radius 3 is 2.72 bits per heavy atom. The first kappa shape index (κ1) is 21.4. The Morgan fingerprint density at radius 1 is 1.31 bits per heavy atom. The molecule has 3 heterocycles. The van der Waals surface area contributed by atoms with Gasteiger partial charge in [0, 0.05) is 53.1 Å². The summed E-state index contributed by atoms with van der Waals surface area (Å²) in [4.78, 5) is 5.85. The quantitative estimate of drug-likeness (QED) is 0.690. The summed E-state index contributed by atoms with van der Waals surface area (Å²) < 4.78 is 30.0. The summed E-state index contributed by atoms with van der Waals surface area (Å²) in [5, 5.41) is 12.0. The zero-order valence-electron chi connectivity index (χ0n) is 16.4. The van der Waals surface area contributed by atoms with E-state index in [0.717, 1.165) is 22.2 Å². The van der Waals surface area contributed by atoms with Gasteiger partial charge >= 0.3 is 0 Å². The van der Waals surface area contributed by atoms with E-state index < -0.39 is 18.1 Å². The van der Waals surface area contributed by atoms with Gasteiger partial charge < -0.3 is 9.67 Å². The summed E-state index contributed by atoms with van der Waals surface area (Å²) in [6.07, 6.45) is 1.52. The Labute approximate surface area is 170 Å². The van der Waals surface area contributed by atoms with Crippen LogP contribution in [0.3, 0.4) is 0 Å². The van der Waals surface area contributed by atoms with Crippen molar-refractivity contribution in [1.82, 2.24) is 14.5 Å². The predicted octanol–water partition coefficient (Wildman–Crippen LogP) is 4.68. The van der Waals surface area contributed by atoms with Crippen LogP contribution in [0.5, 0.6) is 0 Å². The van der Waals surface area contributed by atoms with Crippen molar-refractivity contribution in [2.45, 2.75) is 52.3 Å². The van der Waals surface area contributed by atoms with Crippen molar-refractivity contribution in [3.05, 3.63) is 65.1 Å². The molecule has 0 spiro atoms. The lowest BCUT2D eigenvalue weighted by Crippen LogP contribution is -2.37. The SMILES string of the molecule is C.Cc1ccc2c(c1)c1c(n2CC(C)(O)c2cccnc2)CCN(C)C1C(F)F. The molecule has 2 atom stereocenters. The number of benzene rings is 1. The Morgan fingerprint density at radius 2 is 2.07 bits per heavy atom. The summed E-state index contributed by atoms with van der Waals surface area (Å²) in [5.74, 6) is 0. The van der Waals surface area contributed by atoms with Crippen LogP contribution in [0, 0.1) is 6.92 Å². The molecule has 1 aromatic carbocycles. The van der Waals surface area contributed by atoms with Crippen LogP contribution in [-0.4, -0.2) is 39.6 Å². The van der Waals surface area contributed by atoms with E-state index in [1.165, 1.54) is 0 Å². The molecule has 3 aromatic rings. The fourth-order valence-electron chi connectivity index (χ4n) is 4.37. The Bertz CT molecular complexity index is 998. The van der Waals surface area contributed by atoms with Gasteiger partial charge in [-0.05, 0) is 39.1 Å².